The van der Waals surface area contributed by atoms with Crippen molar-refractivity contribution >= 4 is 21.8 Å². The van der Waals surface area contributed by atoms with Crippen molar-refractivity contribution in [2.45, 2.75) is 12.0 Å². The molecule has 6 heteroatoms. The molecule has 0 saturated carbocycles. The van der Waals surface area contributed by atoms with Gasteiger partial charge in [0.1, 0.15) is 5.54 Å². The molecule has 1 fully saturated rings. The quantitative estimate of drug-likeness (QED) is 0.687. The first kappa shape index (κ1) is 9.84. The van der Waals surface area contributed by atoms with Crippen LogP contribution < -0.4 is 4.72 Å². The summed E-state index contributed by atoms with van der Waals surface area (Å²) < 4.78 is 24.1. The second-order valence-electron chi connectivity index (χ2n) is 2.87. The maximum Gasteiger partial charge on any atom is 0.210 e. The van der Waals surface area contributed by atoms with Crippen molar-refractivity contribution in [3.63, 3.8) is 0 Å². The number of nitrogens with one attached hydrogen (secondary N) is 1. The molecule has 0 spiro atoms. The van der Waals surface area contributed by atoms with Crippen LogP contribution in [0.3, 0.4) is 0 Å². The minimum Gasteiger partial charge on any atom is -0.213 e. The van der Waals surface area contributed by atoms with Crippen LogP contribution in [-0.4, -0.2) is 31.7 Å². The van der Waals surface area contributed by atoms with E-state index in [2.05, 4.69) is 4.72 Å². The lowest BCUT2D eigenvalue weighted by Gasteiger charge is -2.18. The van der Waals surface area contributed by atoms with E-state index in [1.165, 1.54) is 0 Å². The summed E-state index contributed by atoms with van der Waals surface area (Å²) in [5, 5.41) is 8.79. The van der Waals surface area contributed by atoms with Gasteiger partial charge in [-0.3, -0.25) is 0 Å². The molecule has 1 atom stereocenters. The predicted molar refractivity (Wildman–Crippen MR) is 48.3 cm³/mol. The van der Waals surface area contributed by atoms with Gasteiger partial charge in [-0.25, -0.2) is 8.42 Å². The van der Waals surface area contributed by atoms with Crippen molar-refractivity contribution in [2.75, 3.05) is 17.8 Å². The van der Waals surface area contributed by atoms with Crippen LogP contribution in [0, 0.1) is 11.3 Å². The average Bonchev–Trinajstić information content (AvgIpc) is 2.34. The number of thioether (sulfide) groups is 1. The molecule has 4 nitrogen and oxygen atoms in total. The molecular formula is C6H10N2O2S2. The monoisotopic (exact) mass is 206 g/mol. The van der Waals surface area contributed by atoms with Crippen molar-refractivity contribution in [1.29, 1.82) is 5.26 Å². The summed E-state index contributed by atoms with van der Waals surface area (Å²) in [6.45, 7) is 0. The van der Waals surface area contributed by atoms with Gasteiger partial charge in [-0.2, -0.15) is 21.7 Å². The maximum atomic E-state index is 10.9. The zero-order chi connectivity index (χ0) is 9.24. The van der Waals surface area contributed by atoms with E-state index in [1.54, 1.807) is 11.8 Å². The van der Waals surface area contributed by atoms with Crippen molar-refractivity contribution in [2.24, 2.45) is 0 Å². The van der Waals surface area contributed by atoms with Gasteiger partial charge in [-0.1, -0.05) is 0 Å². The van der Waals surface area contributed by atoms with Gasteiger partial charge in [0.25, 0.3) is 0 Å². The molecule has 0 aliphatic carbocycles. The van der Waals surface area contributed by atoms with Crippen LogP contribution in [0.2, 0.25) is 0 Å². The molecule has 1 rings (SSSR count). The zero-order valence-electron chi connectivity index (χ0n) is 6.70. The molecule has 0 amide bonds. The third-order valence-corrected chi connectivity index (χ3v) is 3.57. The lowest BCUT2D eigenvalue weighted by molar-refractivity contribution is 0.519. The average molecular weight is 206 g/mol. The second kappa shape index (κ2) is 3.24. The fraction of sp³-hybridized carbons (Fsp3) is 0.833. The molecule has 0 radical (unpaired) electrons. The van der Waals surface area contributed by atoms with Crippen LogP contribution in [0.15, 0.2) is 0 Å². The van der Waals surface area contributed by atoms with Crippen LogP contribution >= 0.6 is 11.8 Å². The lowest BCUT2D eigenvalue weighted by Crippen LogP contribution is -2.46. The molecule has 0 aromatic rings. The van der Waals surface area contributed by atoms with Gasteiger partial charge in [0, 0.05) is 5.75 Å². The molecular weight excluding hydrogens is 196 g/mol. The van der Waals surface area contributed by atoms with Crippen LogP contribution in [-0.2, 0) is 10.0 Å². The Morgan fingerprint density at radius 3 is 2.67 bits per heavy atom. The fourth-order valence-electron chi connectivity index (χ4n) is 1.11. The Balaban J connectivity index is 2.77. The number of hydrogen-bond acceptors (Lipinski definition) is 4. The van der Waals surface area contributed by atoms with E-state index in [9.17, 15) is 8.42 Å². The van der Waals surface area contributed by atoms with Gasteiger partial charge < -0.3 is 0 Å². The molecule has 1 unspecified atom stereocenters. The Labute approximate surface area is 76.4 Å². The van der Waals surface area contributed by atoms with Gasteiger partial charge in [0.2, 0.25) is 10.0 Å². The SMILES string of the molecule is CS(=O)(=O)NC1(C#N)CCSC1. The van der Waals surface area contributed by atoms with Crippen molar-refractivity contribution < 1.29 is 8.42 Å². The van der Waals surface area contributed by atoms with E-state index in [4.69, 9.17) is 5.26 Å². The summed E-state index contributed by atoms with van der Waals surface area (Å²) in [6.07, 6.45) is 1.68. The van der Waals surface area contributed by atoms with Crippen LogP contribution in [0.25, 0.3) is 0 Å². The lowest BCUT2D eigenvalue weighted by atomic mass is 10.0. The van der Waals surface area contributed by atoms with Crippen LogP contribution in [0.4, 0.5) is 0 Å². The van der Waals surface area contributed by atoms with Gasteiger partial charge in [-0.05, 0) is 12.2 Å². The normalized spacial score (nSPS) is 30.0. The molecule has 1 aliphatic rings. The van der Waals surface area contributed by atoms with E-state index >= 15 is 0 Å². The number of hydrogen-bond donors (Lipinski definition) is 1. The fourth-order valence-corrected chi connectivity index (χ4v) is 3.40. The van der Waals surface area contributed by atoms with Gasteiger partial charge in [0.15, 0.2) is 0 Å². The Hall–Kier alpha value is -0.250. The summed E-state index contributed by atoms with van der Waals surface area (Å²) in [5.41, 5.74) is -0.849. The Kier molecular flexibility index (Phi) is 2.66. The highest BCUT2D eigenvalue weighted by Gasteiger charge is 2.36. The van der Waals surface area contributed by atoms with Crippen molar-refractivity contribution in [3.05, 3.63) is 0 Å². The Morgan fingerprint density at radius 2 is 2.33 bits per heavy atom. The number of sulfonamides is 1. The van der Waals surface area contributed by atoms with Gasteiger partial charge in [0.05, 0.1) is 12.3 Å². The minimum atomic E-state index is -3.26. The van der Waals surface area contributed by atoms with E-state index in [0.717, 1.165) is 12.0 Å². The largest absolute Gasteiger partial charge is 0.213 e. The van der Waals surface area contributed by atoms with Crippen molar-refractivity contribution in [1.82, 2.24) is 4.72 Å². The highest BCUT2D eigenvalue weighted by atomic mass is 32.2. The highest BCUT2D eigenvalue weighted by Crippen LogP contribution is 2.27. The van der Waals surface area contributed by atoms with Gasteiger partial charge >= 0.3 is 0 Å². The molecule has 1 heterocycles. The number of nitriles is 1. The van der Waals surface area contributed by atoms with Crippen LogP contribution in [0.5, 0.6) is 0 Å². The third kappa shape index (κ3) is 2.37. The molecule has 0 bridgehead atoms. The first-order chi connectivity index (χ1) is 5.47. The Bertz CT molecular complexity index is 298. The Morgan fingerprint density at radius 1 is 1.67 bits per heavy atom. The van der Waals surface area contributed by atoms with E-state index in [1.807, 2.05) is 6.07 Å². The zero-order valence-corrected chi connectivity index (χ0v) is 8.33. The van der Waals surface area contributed by atoms with E-state index < -0.39 is 15.6 Å². The molecule has 1 aliphatic heterocycles. The third-order valence-electron chi connectivity index (χ3n) is 1.62. The summed E-state index contributed by atoms with van der Waals surface area (Å²) in [7, 11) is -3.26. The standard InChI is InChI=1S/C6H10N2O2S2/c1-12(9,10)8-6(4-7)2-3-11-5-6/h8H,2-3,5H2,1H3. The summed E-state index contributed by atoms with van der Waals surface area (Å²) in [4.78, 5) is 0. The summed E-state index contributed by atoms with van der Waals surface area (Å²) in [5.74, 6) is 1.40. The summed E-state index contributed by atoms with van der Waals surface area (Å²) in [6, 6.07) is 2.02. The highest BCUT2D eigenvalue weighted by molar-refractivity contribution is 7.99. The molecule has 1 N–H and O–H groups in total. The number of nitrogens with zero attached hydrogens (tertiary/aromatic N) is 1. The maximum absolute atomic E-state index is 10.9. The van der Waals surface area contributed by atoms with Crippen molar-refractivity contribution in [3.8, 4) is 6.07 Å². The predicted octanol–water partition coefficient (Wildman–Crippen LogP) is -0.0651. The van der Waals surface area contributed by atoms with Gasteiger partial charge in [-0.15, -0.1) is 0 Å². The second-order valence-corrected chi connectivity index (χ2v) is 5.72. The molecule has 12 heavy (non-hydrogen) atoms. The summed E-state index contributed by atoms with van der Waals surface area (Å²) >= 11 is 1.60. The van der Waals surface area contributed by atoms with E-state index in [-0.39, 0.29) is 0 Å². The number of rotatable bonds is 2. The first-order valence-electron chi connectivity index (χ1n) is 3.45. The molecule has 0 aromatic carbocycles. The van der Waals surface area contributed by atoms with E-state index in [0.29, 0.717) is 12.2 Å². The van der Waals surface area contributed by atoms with Crippen LogP contribution in [0.1, 0.15) is 6.42 Å². The molecule has 0 aromatic heterocycles. The molecule has 68 valence electrons. The topological polar surface area (TPSA) is 70.0 Å². The smallest absolute Gasteiger partial charge is 0.210 e. The molecule has 1 saturated heterocycles. The minimum absolute atomic E-state index is 0.552. The first-order valence-corrected chi connectivity index (χ1v) is 6.50.